The van der Waals surface area contributed by atoms with Crippen molar-refractivity contribution in [1.29, 1.82) is 0 Å². The molecule has 2 aromatic rings. The van der Waals surface area contributed by atoms with Crippen molar-refractivity contribution >= 4 is 29.7 Å². The molecule has 3 aliphatic rings. The zero-order chi connectivity index (χ0) is 26.0. The van der Waals surface area contributed by atoms with E-state index in [1.54, 1.807) is 11.0 Å². The Kier molecular flexibility index (Phi) is 7.62. The van der Waals surface area contributed by atoms with Gasteiger partial charge in [-0.3, -0.25) is 9.59 Å². The molecule has 2 aromatic carbocycles. The summed E-state index contributed by atoms with van der Waals surface area (Å²) in [5, 5.41) is 0. The highest BCUT2D eigenvalue weighted by Crippen LogP contribution is 2.53. The lowest BCUT2D eigenvalue weighted by Gasteiger charge is -2.40. The van der Waals surface area contributed by atoms with E-state index in [0.29, 0.717) is 19.6 Å². The molecule has 3 aliphatic heterocycles. The van der Waals surface area contributed by atoms with Gasteiger partial charge in [0.2, 0.25) is 11.8 Å². The van der Waals surface area contributed by atoms with Crippen LogP contribution in [-0.2, 0) is 20.1 Å². The van der Waals surface area contributed by atoms with Gasteiger partial charge in [-0.25, -0.2) is 13.2 Å². The van der Waals surface area contributed by atoms with Crippen LogP contribution >= 0.6 is 11.8 Å². The van der Waals surface area contributed by atoms with Gasteiger partial charge >= 0.3 is 0 Å². The molecule has 0 radical (unpaired) electrons. The summed E-state index contributed by atoms with van der Waals surface area (Å²) in [6.07, 6.45) is 5.46. The van der Waals surface area contributed by atoms with Crippen LogP contribution < -0.4 is 0 Å². The van der Waals surface area contributed by atoms with Crippen LogP contribution in [0.5, 0.6) is 0 Å². The molecule has 3 heterocycles. The number of piperidine rings is 1. The van der Waals surface area contributed by atoms with Crippen LogP contribution in [-0.4, -0.2) is 72.3 Å². The number of amides is 2. The Hall–Kier alpha value is -2.78. The van der Waals surface area contributed by atoms with Crippen LogP contribution in [0.2, 0.25) is 0 Å². The van der Waals surface area contributed by atoms with Crippen molar-refractivity contribution < 1.29 is 22.8 Å². The molecule has 196 valence electrons. The van der Waals surface area contributed by atoms with Gasteiger partial charge in [-0.05, 0) is 74.3 Å². The smallest absolute Gasteiger partial charge is 0.247 e. The number of fused-ring (bicyclic) bond motifs is 2. The summed E-state index contributed by atoms with van der Waals surface area (Å²) >= 11 is 1.87. The molecule has 9 heteroatoms. The first-order valence-electron chi connectivity index (χ1n) is 12.7. The van der Waals surface area contributed by atoms with E-state index in [-0.39, 0.29) is 34.5 Å². The van der Waals surface area contributed by atoms with Crippen LogP contribution in [0.15, 0.2) is 42.5 Å². The summed E-state index contributed by atoms with van der Waals surface area (Å²) in [5.74, 6) is -1.21. The molecule has 5 rings (SSSR count). The van der Waals surface area contributed by atoms with Gasteiger partial charge in [-0.2, -0.15) is 0 Å². The predicted octanol–water partition coefficient (Wildman–Crippen LogP) is 4.42. The average molecular weight is 530 g/mol. The first kappa shape index (κ1) is 25.9. The maximum absolute atomic E-state index is 14.2. The summed E-state index contributed by atoms with van der Waals surface area (Å²) in [6.45, 7) is 4.35. The Morgan fingerprint density at radius 2 is 1.76 bits per heavy atom. The molecular formula is C28H30F3N3O2S. The second kappa shape index (κ2) is 10.9. The Morgan fingerprint density at radius 3 is 2.49 bits per heavy atom. The summed E-state index contributed by atoms with van der Waals surface area (Å²) in [4.78, 5) is 30.8. The number of carbonyl (C=O) groups is 2. The number of carbonyl (C=O) groups excluding carboxylic acids is 2. The number of hydrogen-bond donors (Lipinski definition) is 0. The van der Waals surface area contributed by atoms with Crippen molar-refractivity contribution in [3.63, 3.8) is 0 Å². The van der Waals surface area contributed by atoms with E-state index in [9.17, 15) is 22.8 Å². The quantitative estimate of drug-likeness (QED) is 0.520. The SMILES string of the molecule is O=C(/C=C/c1cc(F)cc(F)c1)N1CCN(CCCN2CCC3(CC2)SCc2c(F)cccc23)C(=O)C1. The van der Waals surface area contributed by atoms with Crippen LogP contribution in [0.25, 0.3) is 6.08 Å². The molecule has 37 heavy (non-hydrogen) atoms. The maximum atomic E-state index is 14.2. The summed E-state index contributed by atoms with van der Waals surface area (Å²) in [7, 11) is 0. The molecule has 0 saturated carbocycles. The standard InChI is InChI=1S/C28H30F3N3O2S/c29-21-15-20(16-22(30)17-21)5-6-26(35)34-14-13-33(27(36)18-34)10-2-9-32-11-7-28(8-12-32)24-3-1-4-25(31)23(24)19-37-28/h1,3-6,15-17H,2,7-14,18-19H2/b6-5+. The van der Waals surface area contributed by atoms with Gasteiger partial charge in [0, 0.05) is 47.8 Å². The van der Waals surface area contributed by atoms with E-state index in [1.165, 1.54) is 22.6 Å². The molecule has 2 fully saturated rings. The molecule has 0 atom stereocenters. The third-order valence-corrected chi connectivity index (χ3v) is 9.22. The zero-order valence-corrected chi connectivity index (χ0v) is 21.4. The third-order valence-electron chi connectivity index (χ3n) is 7.60. The van der Waals surface area contributed by atoms with Gasteiger partial charge in [0.15, 0.2) is 0 Å². The van der Waals surface area contributed by atoms with Gasteiger partial charge in [-0.15, -0.1) is 11.8 Å². The predicted molar refractivity (Wildman–Crippen MR) is 138 cm³/mol. The van der Waals surface area contributed by atoms with E-state index in [1.807, 2.05) is 17.8 Å². The minimum Gasteiger partial charge on any atom is -0.339 e. The Bertz CT molecular complexity index is 1190. The van der Waals surface area contributed by atoms with Crippen molar-refractivity contribution in [1.82, 2.24) is 14.7 Å². The molecule has 0 N–H and O–H groups in total. The monoisotopic (exact) mass is 529 g/mol. The normalized spacial score (nSPS) is 19.7. The first-order chi connectivity index (χ1) is 17.8. The van der Waals surface area contributed by atoms with Crippen molar-refractivity contribution in [2.45, 2.75) is 29.8 Å². The molecule has 0 unspecified atom stereocenters. The summed E-state index contributed by atoms with van der Waals surface area (Å²) in [6, 6.07) is 8.51. The number of benzene rings is 2. The van der Waals surface area contributed by atoms with Gasteiger partial charge in [-0.1, -0.05) is 12.1 Å². The van der Waals surface area contributed by atoms with Gasteiger partial charge in [0.1, 0.15) is 24.0 Å². The van der Waals surface area contributed by atoms with Crippen LogP contribution in [0.1, 0.15) is 36.0 Å². The lowest BCUT2D eigenvalue weighted by Crippen LogP contribution is -2.52. The second-order valence-electron chi connectivity index (χ2n) is 9.92. The Balaban J connectivity index is 1.05. The van der Waals surface area contributed by atoms with Crippen molar-refractivity contribution in [2.75, 3.05) is 45.8 Å². The molecule has 0 aromatic heterocycles. The van der Waals surface area contributed by atoms with Crippen molar-refractivity contribution in [3.8, 4) is 0 Å². The van der Waals surface area contributed by atoms with Crippen molar-refractivity contribution in [2.24, 2.45) is 0 Å². The highest BCUT2D eigenvalue weighted by Gasteiger charge is 2.42. The van der Waals surface area contributed by atoms with Crippen molar-refractivity contribution in [3.05, 3.63) is 76.6 Å². The molecular weight excluding hydrogens is 499 g/mol. The number of halogens is 3. The number of likely N-dealkylation sites (tertiary alicyclic amines) is 1. The number of piperazine rings is 1. The number of nitrogens with zero attached hydrogens (tertiary/aromatic N) is 3. The summed E-state index contributed by atoms with van der Waals surface area (Å²) < 4.78 is 40.9. The fourth-order valence-corrected chi connectivity index (χ4v) is 7.07. The third kappa shape index (κ3) is 5.72. The largest absolute Gasteiger partial charge is 0.339 e. The van der Waals surface area contributed by atoms with E-state index >= 15 is 0 Å². The van der Waals surface area contributed by atoms with E-state index < -0.39 is 11.6 Å². The van der Waals surface area contributed by atoms with Gasteiger partial charge < -0.3 is 14.7 Å². The topological polar surface area (TPSA) is 43.9 Å². The second-order valence-corrected chi connectivity index (χ2v) is 11.3. The molecule has 1 spiro atoms. The molecule has 2 saturated heterocycles. The van der Waals surface area contributed by atoms with Crippen LogP contribution in [0.3, 0.4) is 0 Å². The highest BCUT2D eigenvalue weighted by atomic mass is 32.2. The minimum absolute atomic E-state index is 0.000110. The lowest BCUT2D eigenvalue weighted by atomic mass is 9.86. The van der Waals surface area contributed by atoms with Gasteiger partial charge in [0.05, 0.1) is 0 Å². The maximum Gasteiger partial charge on any atom is 0.247 e. The molecule has 0 aliphatic carbocycles. The summed E-state index contributed by atoms with van der Waals surface area (Å²) in [5.41, 5.74) is 2.30. The van der Waals surface area contributed by atoms with Crippen LogP contribution in [0.4, 0.5) is 13.2 Å². The first-order valence-corrected chi connectivity index (χ1v) is 13.7. The number of rotatable bonds is 6. The fraction of sp³-hybridized carbons (Fsp3) is 0.429. The molecule has 0 bridgehead atoms. The number of hydrogen-bond acceptors (Lipinski definition) is 4. The lowest BCUT2D eigenvalue weighted by molar-refractivity contribution is -0.142. The van der Waals surface area contributed by atoms with E-state index in [2.05, 4.69) is 11.0 Å². The minimum atomic E-state index is -0.710. The highest BCUT2D eigenvalue weighted by molar-refractivity contribution is 7.99. The van der Waals surface area contributed by atoms with Crippen LogP contribution in [0, 0.1) is 17.5 Å². The van der Waals surface area contributed by atoms with Gasteiger partial charge in [0.25, 0.3) is 0 Å². The Labute approximate surface area is 219 Å². The number of thioether (sulfide) groups is 1. The Morgan fingerprint density at radius 1 is 1.00 bits per heavy atom. The van der Waals surface area contributed by atoms with E-state index in [4.69, 9.17) is 0 Å². The van der Waals surface area contributed by atoms with E-state index in [0.717, 1.165) is 68.4 Å². The fourth-order valence-electron chi connectivity index (χ4n) is 5.53. The molecule has 2 amide bonds. The average Bonchev–Trinajstić information content (AvgIpc) is 3.23. The zero-order valence-electron chi connectivity index (χ0n) is 20.6. The molecule has 5 nitrogen and oxygen atoms in total.